The second-order valence-corrected chi connectivity index (χ2v) is 4.24. The molecule has 1 atom stereocenters. The molecule has 0 bridgehead atoms. The second-order valence-electron chi connectivity index (χ2n) is 3.46. The van der Waals surface area contributed by atoms with Crippen molar-refractivity contribution in [2.75, 3.05) is 11.9 Å². The van der Waals surface area contributed by atoms with Gasteiger partial charge in [-0.1, -0.05) is 30.3 Å². The largest absolute Gasteiger partial charge is 0.394 e. The molecular formula is C11H13N3OS. The average Bonchev–Trinajstić information content (AvgIpc) is 2.82. The lowest BCUT2D eigenvalue weighted by Crippen LogP contribution is -2.26. The molecule has 0 spiro atoms. The van der Waals surface area contributed by atoms with E-state index in [9.17, 15) is 5.11 Å². The van der Waals surface area contributed by atoms with Gasteiger partial charge in [0.2, 0.25) is 5.13 Å². The Bertz CT molecular complexity index is 404. The lowest BCUT2D eigenvalue weighted by molar-refractivity contribution is 0.273. The first-order valence-electron chi connectivity index (χ1n) is 5.06. The molecule has 0 saturated heterocycles. The van der Waals surface area contributed by atoms with Crippen molar-refractivity contribution in [1.82, 2.24) is 9.36 Å². The molecule has 0 aliphatic heterocycles. The maximum atomic E-state index is 9.28. The number of nitrogens with one attached hydrogen (secondary N) is 1. The van der Waals surface area contributed by atoms with Gasteiger partial charge in [-0.3, -0.25) is 0 Å². The van der Waals surface area contributed by atoms with Gasteiger partial charge in [-0.25, -0.2) is 4.98 Å². The predicted molar refractivity (Wildman–Crippen MR) is 64.6 cm³/mol. The quantitative estimate of drug-likeness (QED) is 0.825. The number of anilines is 1. The fourth-order valence-corrected chi connectivity index (χ4v) is 1.98. The first-order chi connectivity index (χ1) is 7.88. The van der Waals surface area contributed by atoms with Crippen LogP contribution in [0, 0.1) is 0 Å². The Labute approximate surface area is 98.1 Å². The summed E-state index contributed by atoms with van der Waals surface area (Å²) in [7, 11) is 0. The van der Waals surface area contributed by atoms with Crippen molar-refractivity contribution < 1.29 is 5.11 Å². The van der Waals surface area contributed by atoms with Crippen molar-refractivity contribution in [2.24, 2.45) is 0 Å². The van der Waals surface area contributed by atoms with Gasteiger partial charge in [0.25, 0.3) is 0 Å². The highest BCUT2D eigenvalue weighted by Gasteiger charge is 2.09. The van der Waals surface area contributed by atoms with Crippen molar-refractivity contribution >= 4 is 16.7 Å². The summed E-state index contributed by atoms with van der Waals surface area (Å²) >= 11 is 1.29. The van der Waals surface area contributed by atoms with Crippen LogP contribution in [0.4, 0.5) is 5.13 Å². The molecule has 2 N–H and O–H groups in total. The smallest absolute Gasteiger partial charge is 0.202 e. The molecule has 84 valence electrons. The summed E-state index contributed by atoms with van der Waals surface area (Å²) in [5, 5.41) is 13.2. The van der Waals surface area contributed by atoms with Gasteiger partial charge >= 0.3 is 0 Å². The number of hydrogen-bond acceptors (Lipinski definition) is 5. The van der Waals surface area contributed by atoms with E-state index in [-0.39, 0.29) is 12.6 Å². The number of nitrogens with zero attached hydrogens (tertiary/aromatic N) is 2. The van der Waals surface area contributed by atoms with Crippen LogP contribution in [0.3, 0.4) is 0 Å². The minimum absolute atomic E-state index is 0.0182. The van der Waals surface area contributed by atoms with Crippen LogP contribution in [-0.2, 0) is 6.42 Å². The molecule has 0 fully saturated rings. The van der Waals surface area contributed by atoms with Gasteiger partial charge in [0.1, 0.15) is 6.33 Å². The molecule has 1 heterocycles. The number of rotatable bonds is 5. The molecule has 1 aromatic heterocycles. The second kappa shape index (κ2) is 5.58. The Morgan fingerprint density at radius 3 is 2.75 bits per heavy atom. The van der Waals surface area contributed by atoms with Gasteiger partial charge in [-0.2, -0.15) is 4.37 Å². The molecule has 1 unspecified atom stereocenters. The molecule has 0 amide bonds. The first-order valence-corrected chi connectivity index (χ1v) is 5.84. The third kappa shape index (κ3) is 3.01. The zero-order chi connectivity index (χ0) is 11.2. The topological polar surface area (TPSA) is 58.0 Å². The summed E-state index contributed by atoms with van der Waals surface area (Å²) in [6, 6.07) is 10.0. The van der Waals surface area contributed by atoms with E-state index in [2.05, 4.69) is 14.7 Å². The standard InChI is InChI=1S/C11H13N3OS/c15-7-10(14-11-12-8-13-16-11)6-9-4-2-1-3-5-9/h1-5,8,10,15H,6-7H2,(H,12,13,14). The van der Waals surface area contributed by atoms with E-state index in [1.807, 2.05) is 30.3 Å². The molecule has 0 aliphatic carbocycles. The van der Waals surface area contributed by atoms with Gasteiger partial charge < -0.3 is 10.4 Å². The van der Waals surface area contributed by atoms with Crippen LogP contribution < -0.4 is 5.32 Å². The normalized spacial score (nSPS) is 12.3. The molecule has 2 aromatic rings. The lowest BCUT2D eigenvalue weighted by Gasteiger charge is -2.14. The van der Waals surface area contributed by atoms with Crippen molar-refractivity contribution in [1.29, 1.82) is 0 Å². The lowest BCUT2D eigenvalue weighted by atomic mass is 10.1. The fourth-order valence-electron chi connectivity index (χ4n) is 1.47. The summed E-state index contributed by atoms with van der Waals surface area (Å²) in [5.74, 6) is 0. The molecule has 1 aromatic carbocycles. The van der Waals surface area contributed by atoms with E-state index in [1.54, 1.807) is 0 Å². The number of benzene rings is 1. The van der Waals surface area contributed by atoms with Crippen LogP contribution >= 0.6 is 11.5 Å². The SMILES string of the molecule is OCC(Cc1ccccc1)Nc1ncns1. The van der Waals surface area contributed by atoms with E-state index in [1.165, 1.54) is 23.4 Å². The molecule has 4 nitrogen and oxygen atoms in total. The zero-order valence-electron chi connectivity index (χ0n) is 8.71. The minimum atomic E-state index is -0.0182. The molecular weight excluding hydrogens is 222 g/mol. The zero-order valence-corrected chi connectivity index (χ0v) is 9.52. The van der Waals surface area contributed by atoms with Crippen molar-refractivity contribution in [3.8, 4) is 0 Å². The van der Waals surface area contributed by atoms with Crippen LogP contribution in [0.1, 0.15) is 5.56 Å². The average molecular weight is 235 g/mol. The summed E-state index contributed by atoms with van der Waals surface area (Å²) in [5.41, 5.74) is 1.19. The van der Waals surface area contributed by atoms with Crippen molar-refractivity contribution in [3.63, 3.8) is 0 Å². The van der Waals surface area contributed by atoms with Crippen LogP contribution in [0.15, 0.2) is 36.7 Å². The van der Waals surface area contributed by atoms with E-state index in [0.29, 0.717) is 0 Å². The molecule has 16 heavy (non-hydrogen) atoms. The Morgan fingerprint density at radius 2 is 2.12 bits per heavy atom. The third-order valence-corrected chi connectivity index (χ3v) is 2.83. The third-order valence-electron chi connectivity index (χ3n) is 2.23. The van der Waals surface area contributed by atoms with Crippen LogP contribution in [0.5, 0.6) is 0 Å². The molecule has 5 heteroatoms. The summed E-state index contributed by atoms with van der Waals surface area (Å²) in [6.07, 6.45) is 2.28. The number of aliphatic hydroxyl groups excluding tert-OH is 1. The number of aromatic nitrogens is 2. The van der Waals surface area contributed by atoms with Crippen LogP contribution in [-0.4, -0.2) is 27.1 Å². The monoisotopic (exact) mass is 235 g/mol. The molecule has 0 saturated carbocycles. The number of hydrogen-bond donors (Lipinski definition) is 2. The maximum absolute atomic E-state index is 9.28. The predicted octanol–water partition coefficient (Wildman–Crippen LogP) is 1.55. The van der Waals surface area contributed by atoms with Gasteiger partial charge in [-0.05, 0) is 12.0 Å². The Kier molecular flexibility index (Phi) is 3.85. The van der Waals surface area contributed by atoms with Gasteiger partial charge in [0.15, 0.2) is 0 Å². The molecule has 0 aliphatic rings. The van der Waals surface area contributed by atoms with E-state index >= 15 is 0 Å². The highest BCUT2D eigenvalue weighted by Crippen LogP contribution is 2.11. The highest BCUT2D eigenvalue weighted by molar-refractivity contribution is 7.09. The maximum Gasteiger partial charge on any atom is 0.202 e. The van der Waals surface area contributed by atoms with E-state index in [4.69, 9.17) is 0 Å². The minimum Gasteiger partial charge on any atom is -0.394 e. The summed E-state index contributed by atoms with van der Waals surface area (Å²) < 4.78 is 3.90. The highest BCUT2D eigenvalue weighted by atomic mass is 32.1. The van der Waals surface area contributed by atoms with Crippen molar-refractivity contribution in [2.45, 2.75) is 12.5 Å². The summed E-state index contributed by atoms with van der Waals surface area (Å²) in [6.45, 7) is 0.0779. The Balaban J connectivity index is 1.96. The van der Waals surface area contributed by atoms with Gasteiger partial charge in [-0.15, -0.1) is 0 Å². The first kappa shape index (κ1) is 11.0. The molecule has 0 radical (unpaired) electrons. The number of aliphatic hydroxyl groups is 1. The Morgan fingerprint density at radius 1 is 1.31 bits per heavy atom. The van der Waals surface area contributed by atoms with Crippen molar-refractivity contribution in [3.05, 3.63) is 42.2 Å². The fraction of sp³-hybridized carbons (Fsp3) is 0.273. The van der Waals surface area contributed by atoms with Crippen LogP contribution in [0.25, 0.3) is 0 Å². The van der Waals surface area contributed by atoms with E-state index < -0.39 is 0 Å². The molecule has 2 rings (SSSR count). The summed E-state index contributed by atoms with van der Waals surface area (Å²) in [4.78, 5) is 4.03. The van der Waals surface area contributed by atoms with Crippen LogP contribution in [0.2, 0.25) is 0 Å². The van der Waals surface area contributed by atoms with E-state index in [0.717, 1.165) is 11.6 Å². The Hall–Kier alpha value is -1.46. The van der Waals surface area contributed by atoms with Gasteiger partial charge in [0, 0.05) is 11.5 Å². The van der Waals surface area contributed by atoms with Gasteiger partial charge in [0.05, 0.1) is 12.6 Å².